The molecule has 0 radical (unpaired) electrons. The molecular weight excluding hydrogens is 543 g/mol. The number of nitrogens with zero attached hydrogens (tertiary/aromatic N) is 7. The number of fused-ring (bicyclic) bond motifs is 2. The number of carbonyl (C=O) groups is 1. The summed E-state index contributed by atoms with van der Waals surface area (Å²) in [4.78, 5) is 29.7. The smallest absolute Gasteiger partial charge is 0.333 e. The minimum atomic E-state index is -4.64. The average molecular weight is 572 g/mol. The molecule has 2 aliphatic rings. The maximum atomic E-state index is 14.3. The number of aryl methyl sites for hydroxylation is 2. The lowest BCUT2D eigenvalue weighted by molar-refractivity contribution is -0.140. The Morgan fingerprint density at radius 1 is 1.07 bits per heavy atom. The summed E-state index contributed by atoms with van der Waals surface area (Å²) < 4.78 is 45.2. The van der Waals surface area contributed by atoms with Gasteiger partial charge in [-0.25, -0.2) is 4.98 Å². The van der Waals surface area contributed by atoms with E-state index in [1.165, 1.54) is 17.9 Å². The van der Waals surface area contributed by atoms with E-state index in [-0.39, 0.29) is 11.5 Å². The molecule has 1 saturated carbocycles. The molecule has 4 aromatic heterocycles. The predicted molar refractivity (Wildman–Crippen MR) is 151 cm³/mol. The van der Waals surface area contributed by atoms with Crippen LogP contribution in [0.5, 0.6) is 0 Å². The highest BCUT2D eigenvalue weighted by atomic mass is 19.4. The molecule has 0 N–H and O–H groups in total. The Balaban J connectivity index is 1.39. The summed E-state index contributed by atoms with van der Waals surface area (Å²) in [5, 5.41) is 4.62. The fourth-order valence-electron chi connectivity index (χ4n) is 5.98. The molecule has 0 bridgehead atoms. The van der Waals surface area contributed by atoms with Crippen molar-refractivity contribution in [2.24, 2.45) is 7.05 Å². The maximum absolute atomic E-state index is 14.3. The minimum absolute atomic E-state index is 0.0305. The fraction of sp³-hybridized carbons (Fsp3) is 0.323. The number of anilines is 1. The van der Waals surface area contributed by atoms with Crippen LogP contribution in [0.15, 0.2) is 55.4 Å². The molecule has 42 heavy (non-hydrogen) atoms. The molecule has 5 aromatic rings. The summed E-state index contributed by atoms with van der Waals surface area (Å²) in [5.41, 5.74) is 4.55. The number of imidazole rings is 1. The first-order valence-electron chi connectivity index (χ1n) is 14.0. The normalized spacial score (nSPS) is 15.5. The van der Waals surface area contributed by atoms with Crippen LogP contribution in [-0.2, 0) is 32.6 Å². The summed E-state index contributed by atoms with van der Waals surface area (Å²) in [6.45, 7) is 2.73. The van der Waals surface area contributed by atoms with Gasteiger partial charge in [-0.1, -0.05) is 6.92 Å². The van der Waals surface area contributed by atoms with E-state index in [4.69, 9.17) is 4.98 Å². The van der Waals surface area contributed by atoms with Crippen molar-refractivity contribution in [3.05, 3.63) is 89.2 Å². The molecule has 1 amide bonds. The van der Waals surface area contributed by atoms with Gasteiger partial charge in [0.1, 0.15) is 0 Å². The maximum Gasteiger partial charge on any atom is 0.435 e. The van der Waals surface area contributed by atoms with Crippen molar-refractivity contribution in [1.29, 1.82) is 0 Å². The van der Waals surface area contributed by atoms with Crippen molar-refractivity contribution in [3.8, 4) is 11.1 Å². The summed E-state index contributed by atoms with van der Waals surface area (Å²) in [6.07, 6.45) is 6.80. The molecule has 0 atom stereocenters. The number of hydrogen-bond acceptors (Lipinski definition) is 5. The highest BCUT2D eigenvalue weighted by molar-refractivity contribution is 6.13. The Morgan fingerprint density at radius 3 is 2.60 bits per heavy atom. The molecule has 7 rings (SSSR count). The van der Waals surface area contributed by atoms with Gasteiger partial charge in [-0.05, 0) is 66.6 Å². The van der Waals surface area contributed by atoms with E-state index in [1.54, 1.807) is 42.0 Å². The number of carbonyl (C=O) groups excluding carboxylic acids is 1. The summed E-state index contributed by atoms with van der Waals surface area (Å²) in [5.74, 6) is 0.132. The van der Waals surface area contributed by atoms with Crippen molar-refractivity contribution >= 4 is 22.5 Å². The summed E-state index contributed by atoms with van der Waals surface area (Å²) >= 11 is 0. The second-order valence-electron chi connectivity index (χ2n) is 11.0. The molecule has 0 unspecified atom stereocenters. The van der Waals surface area contributed by atoms with Gasteiger partial charge in [0.15, 0.2) is 5.69 Å². The number of aromatic nitrogens is 6. The minimum Gasteiger partial charge on any atom is -0.333 e. The predicted octanol–water partition coefficient (Wildman–Crippen LogP) is 5.94. The SMILES string of the molecule is CCc1cc2c(N3CCc4c(cc(Cn5ccnc5)cc4-c4cn(C)nc4C(F)(F)F)C3=O)ccnc2c(C2CC2)n1. The number of amides is 1. The van der Waals surface area contributed by atoms with Crippen LogP contribution in [0.4, 0.5) is 18.9 Å². The number of halogens is 3. The van der Waals surface area contributed by atoms with E-state index in [0.717, 1.165) is 47.2 Å². The van der Waals surface area contributed by atoms with Gasteiger partial charge in [0, 0.05) is 73.0 Å². The number of benzene rings is 1. The number of hydrogen-bond donors (Lipinski definition) is 0. The van der Waals surface area contributed by atoms with Crippen molar-refractivity contribution < 1.29 is 18.0 Å². The largest absolute Gasteiger partial charge is 0.435 e. The molecule has 5 heterocycles. The van der Waals surface area contributed by atoms with Crippen molar-refractivity contribution in [2.45, 2.75) is 51.2 Å². The third kappa shape index (κ3) is 4.53. The molecular formula is C31H28F3N7O. The summed E-state index contributed by atoms with van der Waals surface area (Å²) in [7, 11) is 1.47. The van der Waals surface area contributed by atoms with Gasteiger partial charge in [0.05, 0.1) is 23.2 Å². The van der Waals surface area contributed by atoms with Gasteiger partial charge in [0.2, 0.25) is 0 Å². The average Bonchev–Trinajstić information content (AvgIpc) is 3.54. The first-order chi connectivity index (χ1) is 20.2. The Kier molecular flexibility index (Phi) is 6.14. The van der Waals surface area contributed by atoms with E-state index in [9.17, 15) is 18.0 Å². The number of pyridine rings is 2. The van der Waals surface area contributed by atoms with Crippen LogP contribution in [0.2, 0.25) is 0 Å². The molecule has 1 aromatic carbocycles. The van der Waals surface area contributed by atoms with E-state index >= 15 is 0 Å². The van der Waals surface area contributed by atoms with E-state index < -0.39 is 11.9 Å². The van der Waals surface area contributed by atoms with Gasteiger partial charge in [-0.15, -0.1) is 0 Å². The Morgan fingerprint density at radius 2 is 1.88 bits per heavy atom. The van der Waals surface area contributed by atoms with E-state index in [0.29, 0.717) is 47.7 Å². The van der Waals surface area contributed by atoms with Crippen molar-refractivity contribution in [1.82, 2.24) is 29.3 Å². The third-order valence-electron chi connectivity index (χ3n) is 8.08. The lowest BCUT2D eigenvalue weighted by atomic mass is 9.87. The standard InChI is InChI=1S/C31H28F3N7O/c1-3-20-14-24-26(6-8-36-28(24)27(37-20)19-4-5-19)41-10-7-21-22(25-16-39(2)38-29(25)31(32,33)34)12-18(13-23(21)30(41)42)15-40-11-9-35-17-40/h6,8-9,11-14,16-17,19H,3-5,7,10,15H2,1-2H3. The zero-order valence-corrected chi connectivity index (χ0v) is 23.2. The highest BCUT2D eigenvalue weighted by Crippen LogP contribution is 2.44. The third-order valence-corrected chi connectivity index (χ3v) is 8.08. The van der Waals surface area contributed by atoms with Crippen LogP contribution >= 0.6 is 0 Å². The zero-order chi connectivity index (χ0) is 29.2. The monoisotopic (exact) mass is 571 g/mol. The van der Waals surface area contributed by atoms with Crippen LogP contribution in [0, 0.1) is 0 Å². The molecule has 214 valence electrons. The van der Waals surface area contributed by atoms with Crippen LogP contribution in [0.25, 0.3) is 22.0 Å². The van der Waals surface area contributed by atoms with Gasteiger partial charge >= 0.3 is 6.18 Å². The first-order valence-corrected chi connectivity index (χ1v) is 14.0. The van der Waals surface area contributed by atoms with Crippen molar-refractivity contribution in [3.63, 3.8) is 0 Å². The van der Waals surface area contributed by atoms with E-state index in [2.05, 4.69) is 22.0 Å². The molecule has 1 aliphatic carbocycles. The Hall–Kier alpha value is -4.54. The number of alkyl halides is 3. The highest BCUT2D eigenvalue weighted by Gasteiger charge is 2.39. The molecule has 0 saturated heterocycles. The molecule has 0 spiro atoms. The van der Waals surface area contributed by atoms with Crippen LogP contribution in [0.1, 0.15) is 64.2 Å². The van der Waals surface area contributed by atoms with Gasteiger partial charge in [-0.3, -0.25) is 19.4 Å². The lowest BCUT2D eigenvalue weighted by Gasteiger charge is -2.31. The second kappa shape index (κ2) is 9.78. The van der Waals surface area contributed by atoms with Gasteiger partial charge < -0.3 is 9.47 Å². The topological polar surface area (TPSA) is 81.7 Å². The van der Waals surface area contributed by atoms with Gasteiger partial charge in [0.25, 0.3) is 5.91 Å². The molecule has 1 aliphatic heterocycles. The quantitative estimate of drug-likeness (QED) is 0.252. The van der Waals surface area contributed by atoms with Crippen LogP contribution < -0.4 is 4.90 Å². The summed E-state index contributed by atoms with van der Waals surface area (Å²) in [6, 6.07) is 7.41. The van der Waals surface area contributed by atoms with Crippen LogP contribution in [0.3, 0.4) is 0 Å². The van der Waals surface area contributed by atoms with E-state index in [1.807, 2.05) is 16.7 Å². The molecule has 8 nitrogen and oxygen atoms in total. The number of rotatable bonds is 6. The molecule has 11 heteroatoms. The second-order valence-corrected chi connectivity index (χ2v) is 11.0. The van der Waals surface area contributed by atoms with Crippen molar-refractivity contribution in [2.75, 3.05) is 11.4 Å². The Labute approximate surface area is 239 Å². The first kappa shape index (κ1) is 26.4. The van der Waals surface area contributed by atoms with Crippen LogP contribution in [-0.4, -0.2) is 41.8 Å². The molecule has 1 fully saturated rings. The fourth-order valence-corrected chi connectivity index (χ4v) is 5.98. The van der Waals surface area contributed by atoms with Gasteiger partial charge in [-0.2, -0.15) is 18.3 Å². The Bertz CT molecular complexity index is 1840. The lowest BCUT2D eigenvalue weighted by Crippen LogP contribution is -2.38. The zero-order valence-electron chi connectivity index (χ0n) is 23.2.